The molecule has 0 bridgehead atoms. The minimum Gasteiger partial charge on any atom is -0.378 e. The van der Waals surface area contributed by atoms with E-state index in [4.69, 9.17) is 14.8 Å². The van der Waals surface area contributed by atoms with Gasteiger partial charge in [-0.25, -0.2) is 18.7 Å². The van der Waals surface area contributed by atoms with Crippen molar-refractivity contribution in [2.24, 2.45) is 0 Å². The standard InChI is InChI=1S/C26H33F2N9O/c1-26(2,3)35-8-6-33(7-9-35)17-18-14-22-31-21(15-23(37(22)32-18)34-10-12-38-13-11-34)36-20-4-5-29-16-19(20)30-25(36)24(27)28/h4-5,14-16,24H,6-13,17H2,1-3H3. The molecule has 4 aromatic heterocycles. The van der Waals surface area contributed by atoms with Crippen LogP contribution in [0.15, 0.2) is 30.6 Å². The minimum atomic E-state index is -2.76. The number of aromatic nitrogens is 6. The fraction of sp³-hybridized carbons (Fsp3) is 0.538. The summed E-state index contributed by atoms with van der Waals surface area (Å²) in [6, 6.07) is 5.48. The molecule has 6 rings (SSSR count). The third-order valence-electron chi connectivity index (χ3n) is 7.39. The molecule has 2 saturated heterocycles. The lowest BCUT2D eigenvalue weighted by Gasteiger charge is -2.42. The van der Waals surface area contributed by atoms with Gasteiger partial charge in [0.25, 0.3) is 6.43 Å². The number of alkyl halides is 2. The molecule has 2 aliphatic heterocycles. The summed E-state index contributed by atoms with van der Waals surface area (Å²) in [5.74, 6) is 0.829. The summed E-state index contributed by atoms with van der Waals surface area (Å²) in [5.41, 5.74) is 2.62. The molecule has 0 radical (unpaired) electrons. The van der Waals surface area contributed by atoms with Crippen molar-refractivity contribution in [1.29, 1.82) is 0 Å². The SMILES string of the molecule is CC(C)(C)N1CCN(Cc2cc3nc(-n4c(C(F)F)nc5cnccc54)cc(N4CCOCC4)n3n2)CC1. The average Bonchev–Trinajstić information content (AvgIpc) is 3.49. The van der Waals surface area contributed by atoms with Crippen molar-refractivity contribution in [3.8, 4) is 5.82 Å². The molecule has 38 heavy (non-hydrogen) atoms. The first kappa shape index (κ1) is 25.1. The first-order chi connectivity index (χ1) is 18.3. The lowest BCUT2D eigenvalue weighted by Crippen LogP contribution is -2.53. The predicted octanol–water partition coefficient (Wildman–Crippen LogP) is 3.15. The fourth-order valence-corrected chi connectivity index (χ4v) is 5.35. The predicted molar refractivity (Wildman–Crippen MR) is 140 cm³/mol. The molecule has 2 aliphatic rings. The maximum Gasteiger partial charge on any atom is 0.296 e. The van der Waals surface area contributed by atoms with Crippen LogP contribution in [0.25, 0.3) is 22.5 Å². The van der Waals surface area contributed by atoms with Gasteiger partial charge < -0.3 is 9.64 Å². The highest BCUT2D eigenvalue weighted by molar-refractivity contribution is 5.77. The molecule has 0 amide bonds. The number of morpholine rings is 1. The first-order valence-corrected chi connectivity index (χ1v) is 13.1. The summed E-state index contributed by atoms with van der Waals surface area (Å²) >= 11 is 0. The molecule has 202 valence electrons. The Hall–Kier alpha value is -3.22. The zero-order chi connectivity index (χ0) is 26.4. The van der Waals surface area contributed by atoms with Gasteiger partial charge >= 0.3 is 0 Å². The molecular weight excluding hydrogens is 492 g/mol. The largest absolute Gasteiger partial charge is 0.378 e. The highest BCUT2D eigenvalue weighted by Crippen LogP contribution is 2.30. The summed E-state index contributed by atoms with van der Waals surface area (Å²) in [4.78, 5) is 20.1. The normalized spacial score (nSPS) is 18.3. The highest BCUT2D eigenvalue weighted by Gasteiger charge is 2.27. The molecule has 6 heterocycles. The first-order valence-electron chi connectivity index (χ1n) is 13.1. The number of pyridine rings is 1. The number of piperazine rings is 1. The van der Waals surface area contributed by atoms with Crippen molar-refractivity contribution >= 4 is 22.5 Å². The van der Waals surface area contributed by atoms with Crippen LogP contribution in [0.1, 0.15) is 38.7 Å². The fourth-order valence-electron chi connectivity index (χ4n) is 5.35. The van der Waals surface area contributed by atoms with Gasteiger partial charge in [-0.15, -0.1) is 0 Å². The average molecular weight is 526 g/mol. The number of halogens is 2. The Labute approximate surface area is 219 Å². The van der Waals surface area contributed by atoms with E-state index in [0.29, 0.717) is 55.3 Å². The van der Waals surface area contributed by atoms with E-state index >= 15 is 0 Å². The molecular formula is C26H33F2N9O. The maximum absolute atomic E-state index is 14.1. The van der Waals surface area contributed by atoms with E-state index in [1.54, 1.807) is 12.3 Å². The monoisotopic (exact) mass is 525 g/mol. The Balaban J connectivity index is 1.39. The Bertz CT molecular complexity index is 1430. The second kappa shape index (κ2) is 9.83. The van der Waals surface area contributed by atoms with Gasteiger partial charge in [0.05, 0.1) is 30.6 Å². The van der Waals surface area contributed by atoms with E-state index in [1.165, 1.54) is 10.8 Å². The minimum absolute atomic E-state index is 0.160. The van der Waals surface area contributed by atoms with Crippen LogP contribution in [0, 0.1) is 0 Å². The topological polar surface area (TPSA) is 79.8 Å². The third kappa shape index (κ3) is 4.72. The molecule has 4 aromatic rings. The molecule has 0 N–H and O–H groups in total. The van der Waals surface area contributed by atoms with Crippen LogP contribution in [-0.2, 0) is 11.3 Å². The number of fused-ring (bicyclic) bond motifs is 2. The van der Waals surface area contributed by atoms with E-state index in [0.717, 1.165) is 37.7 Å². The van der Waals surface area contributed by atoms with E-state index in [1.807, 2.05) is 16.6 Å². The molecule has 0 spiro atoms. The molecule has 2 fully saturated rings. The Morgan fingerprint density at radius 2 is 1.76 bits per heavy atom. The van der Waals surface area contributed by atoms with Crippen molar-refractivity contribution in [2.75, 3.05) is 57.4 Å². The van der Waals surface area contributed by atoms with Gasteiger partial charge in [0, 0.05) is 69.7 Å². The Kier molecular flexibility index (Phi) is 6.48. The second-order valence-corrected chi connectivity index (χ2v) is 10.9. The van der Waals surface area contributed by atoms with E-state index in [2.05, 4.69) is 45.4 Å². The van der Waals surface area contributed by atoms with E-state index < -0.39 is 6.43 Å². The number of ether oxygens (including phenoxy) is 1. The van der Waals surface area contributed by atoms with Crippen LogP contribution in [-0.4, -0.2) is 97.0 Å². The molecule has 0 saturated carbocycles. The van der Waals surface area contributed by atoms with Crippen LogP contribution in [0.3, 0.4) is 0 Å². The highest BCUT2D eigenvalue weighted by atomic mass is 19.3. The van der Waals surface area contributed by atoms with Crippen molar-refractivity contribution in [3.63, 3.8) is 0 Å². The molecule has 0 atom stereocenters. The summed E-state index contributed by atoms with van der Waals surface area (Å²) in [7, 11) is 0. The van der Waals surface area contributed by atoms with Gasteiger partial charge in [0.2, 0.25) is 0 Å². The number of anilines is 1. The number of hydrogen-bond acceptors (Lipinski definition) is 8. The molecule has 0 unspecified atom stereocenters. The van der Waals surface area contributed by atoms with E-state index in [9.17, 15) is 8.78 Å². The van der Waals surface area contributed by atoms with Gasteiger partial charge in [-0.3, -0.25) is 19.4 Å². The third-order valence-corrected chi connectivity index (χ3v) is 7.39. The van der Waals surface area contributed by atoms with Crippen LogP contribution in [0.5, 0.6) is 0 Å². The molecule has 0 aromatic carbocycles. The van der Waals surface area contributed by atoms with Crippen LogP contribution in [0.2, 0.25) is 0 Å². The molecule has 10 nitrogen and oxygen atoms in total. The van der Waals surface area contributed by atoms with Gasteiger partial charge in [0.15, 0.2) is 11.5 Å². The van der Waals surface area contributed by atoms with Crippen molar-refractivity contribution in [2.45, 2.75) is 39.3 Å². The van der Waals surface area contributed by atoms with Crippen LogP contribution >= 0.6 is 0 Å². The van der Waals surface area contributed by atoms with Gasteiger partial charge in [-0.2, -0.15) is 9.61 Å². The van der Waals surface area contributed by atoms with Crippen molar-refractivity contribution in [1.82, 2.24) is 38.9 Å². The molecule has 0 aliphatic carbocycles. The number of imidazole rings is 1. The Morgan fingerprint density at radius 3 is 2.47 bits per heavy atom. The molecule has 12 heteroatoms. The second-order valence-electron chi connectivity index (χ2n) is 10.9. The van der Waals surface area contributed by atoms with Crippen molar-refractivity contribution in [3.05, 3.63) is 42.1 Å². The van der Waals surface area contributed by atoms with Gasteiger partial charge in [-0.1, -0.05) is 0 Å². The Morgan fingerprint density at radius 1 is 1.00 bits per heavy atom. The number of rotatable bonds is 5. The lowest BCUT2D eigenvalue weighted by molar-refractivity contribution is 0.0585. The zero-order valence-corrected chi connectivity index (χ0v) is 22.0. The zero-order valence-electron chi connectivity index (χ0n) is 22.0. The van der Waals surface area contributed by atoms with Gasteiger partial charge in [-0.05, 0) is 26.8 Å². The number of nitrogens with zero attached hydrogens (tertiary/aromatic N) is 9. The number of hydrogen-bond donors (Lipinski definition) is 0. The van der Waals surface area contributed by atoms with E-state index in [-0.39, 0.29) is 11.4 Å². The van der Waals surface area contributed by atoms with Crippen LogP contribution < -0.4 is 4.90 Å². The summed E-state index contributed by atoms with van der Waals surface area (Å²) in [6.07, 6.45) is 0.308. The van der Waals surface area contributed by atoms with Gasteiger partial charge in [0.1, 0.15) is 17.2 Å². The summed E-state index contributed by atoms with van der Waals surface area (Å²) < 4.78 is 37.0. The summed E-state index contributed by atoms with van der Waals surface area (Å²) in [5, 5.41) is 4.93. The van der Waals surface area contributed by atoms with Crippen LogP contribution in [0.4, 0.5) is 14.6 Å². The quantitative estimate of drug-likeness (QED) is 0.393. The maximum atomic E-state index is 14.1. The lowest BCUT2D eigenvalue weighted by atomic mass is 10.0. The smallest absolute Gasteiger partial charge is 0.296 e. The summed E-state index contributed by atoms with van der Waals surface area (Å²) in [6.45, 7) is 14.0. The van der Waals surface area contributed by atoms with Crippen molar-refractivity contribution < 1.29 is 13.5 Å².